The minimum Gasteiger partial charge on any atom is -0.508 e. The van der Waals surface area contributed by atoms with Crippen LogP contribution >= 0.6 is 0 Å². The van der Waals surface area contributed by atoms with Gasteiger partial charge in [0.05, 0.1) is 18.8 Å². The van der Waals surface area contributed by atoms with Gasteiger partial charge in [-0.1, -0.05) is 98.8 Å². The third-order valence-corrected chi connectivity index (χ3v) is 16.6. The first-order valence-electron chi connectivity index (χ1n) is 28.2. The zero-order valence-corrected chi connectivity index (χ0v) is 46.7. The number of H-pyrrole nitrogens is 1. The Morgan fingerprint density at radius 3 is 2.42 bits per heavy atom. The number of phenolic OH excluding ortho intramolecular Hbond substituents is 3. The molecule has 0 fully saturated rings. The summed E-state index contributed by atoms with van der Waals surface area (Å²) in [4.78, 5) is 46.4. The predicted octanol–water partition coefficient (Wildman–Crippen LogP) is 13.6. The van der Waals surface area contributed by atoms with Gasteiger partial charge in [-0.05, 0) is 138 Å². The van der Waals surface area contributed by atoms with E-state index < -0.39 is 23.5 Å². The van der Waals surface area contributed by atoms with Gasteiger partial charge in [-0.2, -0.15) is 0 Å². The van der Waals surface area contributed by atoms with E-state index in [4.69, 9.17) is 14.2 Å². The summed E-state index contributed by atoms with van der Waals surface area (Å²) in [6.45, 7) is 8.15. The fraction of sp³-hybridized carbons (Fsp3) is 0.309. The third kappa shape index (κ3) is 12.5. The summed E-state index contributed by atoms with van der Waals surface area (Å²) in [6.07, 6.45) is 23.7. The van der Waals surface area contributed by atoms with Crippen LogP contribution in [0.1, 0.15) is 117 Å². The molecule has 0 amide bonds. The Morgan fingerprint density at radius 2 is 1.65 bits per heavy atom. The van der Waals surface area contributed by atoms with Crippen molar-refractivity contribution in [1.82, 2.24) is 14.9 Å². The number of phenols is 3. The number of hydrogen-bond acceptors (Lipinski definition) is 11. The molecule has 1 aliphatic carbocycles. The molecule has 81 heavy (non-hydrogen) atoms. The number of rotatable bonds is 12. The van der Waals surface area contributed by atoms with Gasteiger partial charge < -0.3 is 49.3 Å². The summed E-state index contributed by atoms with van der Waals surface area (Å²) in [5.74, 6) is 0.594. The number of carbonyl (C=O) groups is 3. The fourth-order valence-electron chi connectivity index (χ4n) is 12.4. The normalized spacial score (nSPS) is 20.9. The van der Waals surface area contributed by atoms with E-state index in [0.29, 0.717) is 50.1 Å². The van der Waals surface area contributed by atoms with E-state index in [0.717, 1.165) is 62.1 Å². The van der Waals surface area contributed by atoms with Crippen LogP contribution in [0.15, 0.2) is 176 Å². The quantitative estimate of drug-likeness (QED) is 0.0736. The highest BCUT2D eigenvalue weighted by Crippen LogP contribution is 2.47. The maximum Gasteiger partial charge on any atom is 0.302 e. The van der Waals surface area contributed by atoms with Gasteiger partial charge in [0.25, 0.3) is 0 Å². The summed E-state index contributed by atoms with van der Waals surface area (Å²) in [6, 6.07) is 31.3. The lowest BCUT2D eigenvalue weighted by molar-refractivity contribution is -0.148. The molecule has 3 aliphatic rings. The maximum atomic E-state index is 15.0. The average molecular weight is 1090 g/mol. The van der Waals surface area contributed by atoms with E-state index in [-0.39, 0.29) is 77.3 Å². The number of methoxy groups -OCH3 is 1. The largest absolute Gasteiger partial charge is 0.508 e. The van der Waals surface area contributed by atoms with Crippen molar-refractivity contribution in [2.75, 3.05) is 25.1 Å². The Bertz CT molecular complexity index is 3570. The fourth-order valence-corrected chi connectivity index (χ4v) is 12.4. The number of aromatic nitrogens is 2. The molecule has 13 heteroatoms. The number of allylic oxidation sites excluding steroid dienone is 6. The number of benzene rings is 5. The number of aromatic hydroxyl groups is 3. The summed E-state index contributed by atoms with van der Waals surface area (Å²) in [5, 5.41) is 39.4. The van der Waals surface area contributed by atoms with Crippen molar-refractivity contribution >= 4 is 34.0 Å². The number of ether oxygens (including phenoxy) is 3. The smallest absolute Gasteiger partial charge is 0.302 e. The van der Waals surface area contributed by atoms with Crippen LogP contribution in [0.5, 0.6) is 34.5 Å². The molecule has 6 atom stereocenters. The summed E-state index contributed by atoms with van der Waals surface area (Å²) >= 11 is 0. The zero-order chi connectivity index (χ0) is 56.8. The van der Waals surface area contributed by atoms with E-state index in [2.05, 4.69) is 96.1 Å². The number of anilines is 1. The van der Waals surface area contributed by atoms with Crippen LogP contribution in [0.25, 0.3) is 10.8 Å². The number of carbonyl (C=O) groups excluding carboxylic acids is 3. The van der Waals surface area contributed by atoms with Crippen molar-refractivity contribution in [3.63, 3.8) is 0 Å². The highest BCUT2D eigenvalue weighted by atomic mass is 16.5. The number of ketones is 2. The lowest BCUT2D eigenvalue weighted by Crippen LogP contribution is -2.35. The van der Waals surface area contributed by atoms with Gasteiger partial charge in [0, 0.05) is 92.7 Å². The topological polar surface area (TPSA) is 176 Å². The summed E-state index contributed by atoms with van der Waals surface area (Å²) in [7, 11) is 1.49. The maximum absolute atomic E-state index is 15.0. The second kappa shape index (κ2) is 24.3. The second-order valence-corrected chi connectivity index (χ2v) is 22.0. The Kier molecular flexibility index (Phi) is 16.7. The first-order valence-corrected chi connectivity index (χ1v) is 28.2. The van der Waals surface area contributed by atoms with Gasteiger partial charge in [-0.25, -0.2) is 0 Å². The highest BCUT2D eigenvalue weighted by Gasteiger charge is 2.37. The monoisotopic (exact) mass is 1090 g/mol. The van der Waals surface area contributed by atoms with Crippen molar-refractivity contribution in [2.45, 2.75) is 103 Å². The van der Waals surface area contributed by atoms with Gasteiger partial charge in [-0.15, -0.1) is 0 Å². The molecule has 13 nitrogen and oxygen atoms in total. The molecule has 2 aromatic heterocycles. The van der Waals surface area contributed by atoms with E-state index >= 15 is 0 Å². The first-order chi connectivity index (χ1) is 39.2. The number of Topliss-reactive ketones (excluding diaryl/α,β-unsaturated/α-hetero) is 2. The standard InChI is InChI=1S/C68H72N4O9/c1-6-59(46-15-8-7-9-16-46)50-29-55(76)36-58(30-50)81-67-64(78)32-51(33-65(67)79-5)63-37-56(77)35-57(80-45(4)74)21-25-68(24-11-10-14-43(68)2)38-53-40-69-39-52(53)31-60(47-17-12-19-54(75)28-47)48-22-26-70-66(34-48)72(27-23-44(3)73)62-20-13-18-49-41-71(63)42-61(49)62/h7-20,22,24,28-30,32-34,36,39-43,57,59-60,63,69-70,75-76,78H,6,21,23,25-27,31,35,37-38H2,1-5H3. The predicted molar refractivity (Wildman–Crippen MR) is 316 cm³/mol. The van der Waals surface area contributed by atoms with Crippen LogP contribution in [-0.2, 0) is 32.0 Å². The van der Waals surface area contributed by atoms with Gasteiger partial charge in [0.2, 0.25) is 5.75 Å². The lowest BCUT2D eigenvalue weighted by Gasteiger charge is -2.38. The first kappa shape index (κ1) is 55.6. The van der Waals surface area contributed by atoms with E-state index in [9.17, 15) is 29.7 Å². The molecule has 4 bridgehead atoms. The minimum atomic E-state index is -0.731. The van der Waals surface area contributed by atoms with Crippen LogP contribution in [0.2, 0.25) is 0 Å². The third-order valence-electron chi connectivity index (χ3n) is 16.6. The molecule has 0 saturated heterocycles. The molecule has 6 unspecified atom stereocenters. The van der Waals surface area contributed by atoms with Crippen LogP contribution in [0, 0.1) is 11.3 Å². The number of esters is 1. The minimum absolute atomic E-state index is 0.00623. The van der Waals surface area contributed by atoms with Gasteiger partial charge in [-0.3, -0.25) is 14.4 Å². The number of fused-ring (bicyclic) bond motifs is 3. The van der Waals surface area contributed by atoms with E-state index in [1.165, 1.54) is 20.1 Å². The van der Waals surface area contributed by atoms with E-state index in [1.807, 2.05) is 71.6 Å². The highest BCUT2D eigenvalue weighted by molar-refractivity contribution is 5.95. The second-order valence-electron chi connectivity index (χ2n) is 22.0. The molecular weight excluding hydrogens is 1020 g/mol. The number of hydrogen-bond donors (Lipinski definition) is 5. The Labute approximate surface area is 473 Å². The summed E-state index contributed by atoms with van der Waals surface area (Å²) < 4.78 is 20.5. The van der Waals surface area contributed by atoms with Crippen molar-refractivity contribution in [2.24, 2.45) is 11.3 Å². The molecule has 0 radical (unpaired) electrons. The van der Waals surface area contributed by atoms with Gasteiger partial charge in [0.1, 0.15) is 40.7 Å². The molecule has 10 rings (SSSR count). The number of dihydropyridines is 1. The van der Waals surface area contributed by atoms with Crippen molar-refractivity contribution < 1.29 is 43.9 Å². The molecule has 0 saturated carbocycles. The van der Waals surface area contributed by atoms with Crippen molar-refractivity contribution in [1.29, 1.82) is 0 Å². The molecule has 2 aliphatic heterocycles. The Morgan fingerprint density at radius 1 is 0.840 bits per heavy atom. The average Bonchev–Trinajstić information content (AvgIpc) is 4.17. The van der Waals surface area contributed by atoms with Crippen LogP contribution in [0.3, 0.4) is 0 Å². The van der Waals surface area contributed by atoms with Crippen molar-refractivity contribution in [3.8, 4) is 34.5 Å². The molecule has 5 aromatic carbocycles. The Balaban J connectivity index is 1.10. The van der Waals surface area contributed by atoms with Crippen molar-refractivity contribution in [3.05, 3.63) is 209 Å². The molecule has 4 heterocycles. The molecule has 5 N–H and O–H groups in total. The molecular formula is C68H72N4O9. The van der Waals surface area contributed by atoms with Crippen LogP contribution in [0.4, 0.5) is 5.69 Å². The van der Waals surface area contributed by atoms with Crippen LogP contribution < -0.4 is 19.7 Å². The zero-order valence-electron chi connectivity index (χ0n) is 46.7. The SMILES string of the molecule is CCC(c1ccccc1)c1cc(O)cc(Oc2c(O)cc(C3CC(=O)CC(OC(C)=O)CCC4(C=CC=CC4C)Cc4c[nH]cc4CC(c4cccc(O)c4)C4=CCNC(=C4)N(CCC(C)=O)c4cccc5cn3cc45)cc2OC)c1. The number of nitrogens with zero attached hydrogens (tertiary/aromatic N) is 2. The van der Waals surface area contributed by atoms with Crippen LogP contribution in [-0.4, -0.2) is 68.7 Å². The lowest BCUT2D eigenvalue weighted by atomic mass is 9.66. The van der Waals surface area contributed by atoms with E-state index in [1.54, 1.807) is 31.2 Å². The van der Waals surface area contributed by atoms with Gasteiger partial charge in [0.15, 0.2) is 11.5 Å². The van der Waals surface area contributed by atoms with Gasteiger partial charge >= 0.3 is 5.97 Å². The summed E-state index contributed by atoms with van der Waals surface area (Å²) in [5.41, 5.74) is 7.21. The molecule has 7 aromatic rings. The molecule has 1 spiro atoms. The number of nitrogens with one attached hydrogen (secondary N) is 2. The molecule has 418 valence electrons. The number of aromatic amines is 1. The Hall–Kier alpha value is -8.71.